The maximum atomic E-state index is 13.0. The highest BCUT2D eigenvalue weighted by Gasteiger charge is 2.35. The van der Waals surface area contributed by atoms with Crippen LogP contribution in [0.15, 0.2) is 28.7 Å². The lowest BCUT2D eigenvalue weighted by Crippen LogP contribution is -2.40. The Balaban J connectivity index is 1.84. The quantitative estimate of drug-likeness (QED) is 0.899. The third-order valence-electron chi connectivity index (χ3n) is 3.39. The first-order valence-corrected chi connectivity index (χ1v) is 7.16. The molecule has 0 spiro atoms. The van der Waals surface area contributed by atoms with Gasteiger partial charge in [0.2, 0.25) is 11.8 Å². The summed E-state index contributed by atoms with van der Waals surface area (Å²) in [6.45, 7) is 0. The Kier molecular flexibility index (Phi) is 4.55. The molecule has 0 aromatic heterocycles. The van der Waals surface area contributed by atoms with Crippen molar-refractivity contribution in [3.8, 4) is 0 Å². The van der Waals surface area contributed by atoms with E-state index in [1.807, 2.05) is 24.3 Å². The van der Waals surface area contributed by atoms with E-state index in [9.17, 15) is 13.6 Å². The Morgan fingerprint density at radius 2 is 1.95 bits per heavy atom. The molecule has 0 saturated heterocycles. The normalized spacial score (nSPS) is 19.1. The summed E-state index contributed by atoms with van der Waals surface area (Å²) in [6.07, 6.45) is 0.720. The zero-order chi connectivity index (χ0) is 13.9. The molecule has 0 atom stereocenters. The fourth-order valence-corrected chi connectivity index (χ4v) is 2.70. The minimum atomic E-state index is -2.55. The molecule has 0 radical (unpaired) electrons. The van der Waals surface area contributed by atoms with Crippen LogP contribution in [-0.2, 0) is 11.2 Å². The summed E-state index contributed by atoms with van der Waals surface area (Å²) in [7, 11) is 0. The van der Waals surface area contributed by atoms with Crippen molar-refractivity contribution < 1.29 is 13.6 Å². The molecule has 2 nitrogen and oxygen atoms in total. The lowest BCUT2D eigenvalue weighted by atomic mass is 9.92. The summed E-state index contributed by atoms with van der Waals surface area (Å²) in [5, 5.41) is 2.84. The van der Waals surface area contributed by atoms with Gasteiger partial charge in [-0.3, -0.25) is 4.79 Å². The van der Waals surface area contributed by atoms with Gasteiger partial charge in [-0.15, -0.1) is 0 Å². The molecular formula is C14H16BrF2NO. The third-order valence-corrected chi connectivity index (χ3v) is 4.16. The molecule has 1 aromatic carbocycles. The summed E-state index contributed by atoms with van der Waals surface area (Å²) in [6, 6.07) is 7.39. The van der Waals surface area contributed by atoms with Crippen LogP contribution in [0.5, 0.6) is 0 Å². The number of nitrogens with one attached hydrogen (secondary N) is 1. The lowest BCUT2D eigenvalue weighted by molar-refractivity contribution is -0.122. The molecule has 1 N–H and O–H groups in total. The van der Waals surface area contributed by atoms with Gasteiger partial charge in [-0.2, -0.15) is 0 Å². The van der Waals surface area contributed by atoms with Crippen LogP contribution in [0.25, 0.3) is 0 Å². The van der Waals surface area contributed by atoms with Crippen molar-refractivity contribution in [1.29, 1.82) is 0 Å². The van der Waals surface area contributed by atoms with E-state index in [1.165, 1.54) is 0 Å². The molecule has 2 rings (SSSR count). The van der Waals surface area contributed by atoms with Gasteiger partial charge >= 0.3 is 0 Å². The van der Waals surface area contributed by atoms with E-state index in [-0.39, 0.29) is 31.2 Å². The highest BCUT2D eigenvalue weighted by atomic mass is 79.9. The Hall–Kier alpha value is -0.970. The fourth-order valence-electron chi connectivity index (χ4n) is 2.28. The Morgan fingerprint density at radius 1 is 1.32 bits per heavy atom. The monoisotopic (exact) mass is 331 g/mol. The average molecular weight is 332 g/mol. The maximum Gasteiger partial charge on any atom is 0.248 e. The molecule has 1 aromatic rings. The van der Waals surface area contributed by atoms with Crippen molar-refractivity contribution in [2.45, 2.75) is 44.1 Å². The van der Waals surface area contributed by atoms with Crippen LogP contribution >= 0.6 is 15.9 Å². The van der Waals surface area contributed by atoms with E-state index in [2.05, 4.69) is 21.2 Å². The number of hydrogen-bond donors (Lipinski definition) is 1. The van der Waals surface area contributed by atoms with E-state index in [1.54, 1.807) is 0 Å². The molecule has 104 valence electrons. The zero-order valence-electron chi connectivity index (χ0n) is 10.5. The Morgan fingerprint density at radius 3 is 2.58 bits per heavy atom. The Bertz CT molecular complexity index is 455. The van der Waals surface area contributed by atoms with Gasteiger partial charge in [0.05, 0.1) is 6.42 Å². The van der Waals surface area contributed by atoms with Gasteiger partial charge < -0.3 is 5.32 Å². The van der Waals surface area contributed by atoms with E-state index < -0.39 is 5.92 Å². The summed E-state index contributed by atoms with van der Waals surface area (Å²) in [4.78, 5) is 11.9. The molecular weight excluding hydrogens is 316 g/mol. The summed E-state index contributed by atoms with van der Waals surface area (Å²) < 4.78 is 26.9. The summed E-state index contributed by atoms with van der Waals surface area (Å²) in [5.74, 6) is -2.66. The van der Waals surface area contributed by atoms with Crippen LogP contribution in [0, 0.1) is 0 Å². The maximum absolute atomic E-state index is 13.0. The molecule has 0 heterocycles. The lowest BCUT2D eigenvalue weighted by Gasteiger charge is -2.28. The minimum Gasteiger partial charge on any atom is -0.353 e. The van der Waals surface area contributed by atoms with Gasteiger partial charge in [0.15, 0.2) is 0 Å². The topological polar surface area (TPSA) is 29.1 Å². The van der Waals surface area contributed by atoms with Crippen molar-refractivity contribution in [3.63, 3.8) is 0 Å². The first-order valence-electron chi connectivity index (χ1n) is 6.37. The van der Waals surface area contributed by atoms with Gasteiger partial charge in [-0.05, 0) is 24.5 Å². The highest BCUT2D eigenvalue weighted by molar-refractivity contribution is 9.10. The SMILES string of the molecule is O=C(Cc1ccccc1Br)NC1CCC(F)(F)CC1. The molecule has 0 bridgehead atoms. The first-order chi connectivity index (χ1) is 8.96. The molecule has 1 amide bonds. The van der Waals surface area contributed by atoms with Crippen LogP contribution < -0.4 is 5.32 Å². The van der Waals surface area contributed by atoms with Crippen LogP contribution in [0.2, 0.25) is 0 Å². The van der Waals surface area contributed by atoms with E-state index >= 15 is 0 Å². The molecule has 0 aliphatic heterocycles. The number of amides is 1. The number of hydrogen-bond acceptors (Lipinski definition) is 1. The minimum absolute atomic E-state index is 0.109. The second-order valence-electron chi connectivity index (χ2n) is 4.97. The van der Waals surface area contributed by atoms with Crippen LogP contribution in [0.1, 0.15) is 31.2 Å². The number of carbonyl (C=O) groups excluding carboxylic acids is 1. The van der Waals surface area contributed by atoms with Crippen molar-refractivity contribution >= 4 is 21.8 Å². The van der Waals surface area contributed by atoms with E-state index in [0.717, 1.165) is 10.0 Å². The second kappa shape index (κ2) is 5.99. The predicted octanol–water partition coefficient (Wildman–Crippen LogP) is 3.69. The largest absolute Gasteiger partial charge is 0.353 e. The third kappa shape index (κ3) is 4.27. The number of halogens is 3. The molecule has 5 heteroatoms. The highest BCUT2D eigenvalue weighted by Crippen LogP contribution is 2.33. The summed E-state index contributed by atoms with van der Waals surface area (Å²) >= 11 is 3.39. The van der Waals surface area contributed by atoms with Gasteiger partial charge in [0, 0.05) is 23.4 Å². The van der Waals surface area contributed by atoms with E-state index in [0.29, 0.717) is 12.8 Å². The molecule has 1 aliphatic rings. The smallest absolute Gasteiger partial charge is 0.248 e. The van der Waals surface area contributed by atoms with Crippen molar-refractivity contribution in [1.82, 2.24) is 5.32 Å². The second-order valence-corrected chi connectivity index (χ2v) is 5.82. The summed E-state index contributed by atoms with van der Waals surface area (Å²) in [5.41, 5.74) is 0.904. The molecule has 19 heavy (non-hydrogen) atoms. The molecule has 1 saturated carbocycles. The number of carbonyl (C=O) groups is 1. The number of benzene rings is 1. The fraction of sp³-hybridized carbons (Fsp3) is 0.500. The van der Waals surface area contributed by atoms with Gasteiger partial charge in [0.25, 0.3) is 0 Å². The number of rotatable bonds is 3. The van der Waals surface area contributed by atoms with Crippen molar-refractivity contribution in [2.24, 2.45) is 0 Å². The van der Waals surface area contributed by atoms with Crippen LogP contribution in [0.4, 0.5) is 8.78 Å². The van der Waals surface area contributed by atoms with Crippen molar-refractivity contribution in [2.75, 3.05) is 0 Å². The van der Waals surface area contributed by atoms with Gasteiger partial charge in [-0.25, -0.2) is 8.78 Å². The number of alkyl halides is 2. The van der Waals surface area contributed by atoms with Gasteiger partial charge in [-0.1, -0.05) is 34.1 Å². The zero-order valence-corrected chi connectivity index (χ0v) is 12.1. The van der Waals surface area contributed by atoms with Crippen molar-refractivity contribution in [3.05, 3.63) is 34.3 Å². The van der Waals surface area contributed by atoms with Gasteiger partial charge in [0.1, 0.15) is 0 Å². The Labute approximate surface area is 119 Å². The molecule has 1 fully saturated rings. The average Bonchev–Trinajstić information content (AvgIpc) is 2.35. The first kappa shape index (κ1) is 14.4. The van der Waals surface area contributed by atoms with E-state index in [4.69, 9.17) is 0 Å². The predicted molar refractivity (Wildman–Crippen MR) is 73.2 cm³/mol. The van der Waals surface area contributed by atoms with Crippen LogP contribution in [0.3, 0.4) is 0 Å². The molecule has 1 aliphatic carbocycles. The molecule has 0 unspecified atom stereocenters. The van der Waals surface area contributed by atoms with Crippen LogP contribution in [-0.4, -0.2) is 17.9 Å². The standard InChI is InChI=1S/C14H16BrF2NO/c15-12-4-2-1-3-10(12)9-13(19)18-11-5-7-14(16,17)8-6-11/h1-4,11H,5-9H2,(H,18,19).